The zero-order valence-corrected chi connectivity index (χ0v) is 8.87. The van der Waals surface area contributed by atoms with Crippen LogP contribution in [-0.2, 0) is 9.59 Å². The molecule has 86 valence electrons. The number of β-amino-alcohol motifs (C(OH)–C–C–N with tert-alkyl or cyclic N) is 1. The third-order valence-electron chi connectivity index (χ3n) is 2.44. The summed E-state index contributed by atoms with van der Waals surface area (Å²) in [7, 11) is 0. The van der Waals surface area contributed by atoms with E-state index in [4.69, 9.17) is 5.11 Å². The predicted octanol–water partition coefficient (Wildman–Crippen LogP) is -0.502. The Morgan fingerprint density at radius 3 is 2.40 bits per heavy atom. The number of likely N-dealkylation sites (tertiary alicyclic amines) is 1. The van der Waals surface area contributed by atoms with E-state index in [-0.39, 0.29) is 18.4 Å². The van der Waals surface area contributed by atoms with Gasteiger partial charge in [-0.3, -0.25) is 9.59 Å². The van der Waals surface area contributed by atoms with Crippen LogP contribution in [0, 0.1) is 0 Å². The van der Waals surface area contributed by atoms with Crippen LogP contribution in [0.15, 0.2) is 0 Å². The highest BCUT2D eigenvalue weighted by molar-refractivity contribution is 5.78. The quantitative estimate of drug-likeness (QED) is 0.651. The molecule has 0 unspecified atom stereocenters. The average Bonchev–Trinajstić information content (AvgIpc) is 2.81. The Morgan fingerprint density at radius 2 is 2.07 bits per heavy atom. The van der Waals surface area contributed by atoms with Gasteiger partial charge in [-0.25, -0.2) is 0 Å². The van der Waals surface area contributed by atoms with Crippen molar-refractivity contribution in [2.75, 3.05) is 26.2 Å². The standard InChI is InChI=1S/C6H11NO2.C4H7NO/c8-5-4-7-3-1-2-6(7)9;6-4-2-1-3-5-4/h8H,1-5H2;1-3H2,(H,5,6). The highest BCUT2D eigenvalue weighted by Gasteiger charge is 2.18. The van der Waals surface area contributed by atoms with E-state index in [9.17, 15) is 9.59 Å². The summed E-state index contributed by atoms with van der Waals surface area (Å²) in [6.07, 6.45) is 3.39. The molecule has 0 bridgehead atoms. The van der Waals surface area contributed by atoms with E-state index < -0.39 is 0 Å². The number of carbonyl (C=O) groups excluding carboxylic acids is 2. The normalized spacial score (nSPS) is 19.9. The van der Waals surface area contributed by atoms with E-state index in [0.29, 0.717) is 13.0 Å². The van der Waals surface area contributed by atoms with Crippen molar-refractivity contribution in [2.24, 2.45) is 0 Å². The first kappa shape index (κ1) is 12.0. The largest absolute Gasteiger partial charge is 0.395 e. The van der Waals surface area contributed by atoms with E-state index in [1.807, 2.05) is 0 Å². The van der Waals surface area contributed by atoms with Crippen molar-refractivity contribution in [3.63, 3.8) is 0 Å². The van der Waals surface area contributed by atoms with Crippen molar-refractivity contribution in [3.8, 4) is 0 Å². The number of nitrogens with one attached hydrogen (secondary N) is 1. The second-order valence-corrected chi connectivity index (χ2v) is 3.66. The topological polar surface area (TPSA) is 69.6 Å². The van der Waals surface area contributed by atoms with Crippen LogP contribution in [0.4, 0.5) is 0 Å². The molecule has 0 atom stereocenters. The summed E-state index contributed by atoms with van der Waals surface area (Å²) in [4.78, 5) is 22.6. The lowest BCUT2D eigenvalue weighted by Gasteiger charge is -2.11. The molecule has 0 aromatic carbocycles. The monoisotopic (exact) mass is 214 g/mol. The first-order valence-corrected chi connectivity index (χ1v) is 5.39. The fourth-order valence-electron chi connectivity index (χ4n) is 1.63. The van der Waals surface area contributed by atoms with Crippen LogP contribution < -0.4 is 5.32 Å². The van der Waals surface area contributed by atoms with Gasteiger partial charge in [0.2, 0.25) is 11.8 Å². The van der Waals surface area contributed by atoms with E-state index in [1.54, 1.807) is 4.90 Å². The summed E-state index contributed by atoms with van der Waals surface area (Å²) in [5.74, 6) is 0.388. The van der Waals surface area contributed by atoms with Crippen LogP contribution >= 0.6 is 0 Å². The smallest absolute Gasteiger partial charge is 0.222 e. The molecule has 2 amide bonds. The Kier molecular flexibility index (Phi) is 5.10. The lowest BCUT2D eigenvalue weighted by Crippen LogP contribution is -2.27. The molecule has 5 nitrogen and oxygen atoms in total. The highest BCUT2D eigenvalue weighted by Crippen LogP contribution is 2.07. The number of aliphatic hydroxyl groups excluding tert-OH is 1. The number of hydrogen-bond donors (Lipinski definition) is 2. The molecule has 0 aliphatic carbocycles. The van der Waals surface area contributed by atoms with Gasteiger partial charge in [0.05, 0.1) is 6.61 Å². The second kappa shape index (κ2) is 6.40. The van der Waals surface area contributed by atoms with Gasteiger partial charge in [-0.05, 0) is 12.8 Å². The van der Waals surface area contributed by atoms with Gasteiger partial charge in [0.1, 0.15) is 0 Å². The minimum absolute atomic E-state index is 0.0890. The van der Waals surface area contributed by atoms with Crippen molar-refractivity contribution in [3.05, 3.63) is 0 Å². The number of carbonyl (C=O) groups is 2. The second-order valence-electron chi connectivity index (χ2n) is 3.66. The number of aliphatic hydroxyl groups is 1. The highest BCUT2D eigenvalue weighted by atomic mass is 16.3. The summed E-state index contributed by atoms with van der Waals surface area (Å²) in [6.45, 7) is 2.32. The molecule has 5 heteroatoms. The van der Waals surface area contributed by atoms with E-state index in [2.05, 4.69) is 5.32 Å². The Balaban J connectivity index is 0.000000162. The van der Waals surface area contributed by atoms with Crippen molar-refractivity contribution in [2.45, 2.75) is 25.7 Å². The lowest BCUT2D eigenvalue weighted by molar-refractivity contribution is -0.128. The number of hydrogen-bond acceptors (Lipinski definition) is 3. The summed E-state index contributed by atoms with van der Waals surface area (Å²) < 4.78 is 0. The maximum absolute atomic E-state index is 10.8. The first-order chi connectivity index (χ1) is 7.24. The maximum Gasteiger partial charge on any atom is 0.222 e. The summed E-state index contributed by atoms with van der Waals surface area (Å²) in [6, 6.07) is 0. The molecule has 2 saturated heterocycles. The number of amides is 2. The molecule has 2 heterocycles. The molecule has 15 heavy (non-hydrogen) atoms. The molecule has 2 N–H and O–H groups in total. The number of nitrogens with zero attached hydrogens (tertiary/aromatic N) is 1. The third-order valence-corrected chi connectivity index (χ3v) is 2.44. The van der Waals surface area contributed by atoms with Crippen molar-refractivity contribution < 1.29 is 14.7 Å². The summed E-state index contributed by atoms with van der Waals surface area (Å²) in [5, 5.41) is 11.1. The molecule has 0 aromatic heterocycles. The molecular weight excluding hydrogens is 196 g/mol. The van der Waals surface area contributed by atoms with Gasteiger partial charge in [0.25, 0.3) is 0 Å². The van der Waals surface area contributed by atoms with Crippen LogP contribution in [0.3, 0.4) is 0 Å². The molecule has 0 aromatic rings. The van der Waals surface area contributed by atoms with Gasteiger partial charge < -0.3 is 15.3 Å². The van der Waals surface area contributed by atoms with Gasteiger partial charge >= 0.3 is 0 Å². The van der Waals surface area contributed by atoms with Crippen molar-refractivity contribution in [1.29, 1.82) is 0 Å². The Bertz CT molecular complexity index is 223. The van der Waals surface area contributed by atoms with Crippen molar-refractivity contribution >= 4 is 11.8 Å². The SMILES string of the molecule is O=C1CCCN1.O=C1CCCN1CCO. The van der Waals surface area contributed by atoms with Gasteiger partial charge in [-0.2, -0.15) is 0 Å². The molecule has 0 saturated carbocycles. The van der Waals surface area contributed by atoms with Crippen LogP contribution in [0.2, 0.25) is 0 Å². The molecule has 0 radical (unpaired) electrons. The number of rotatable bonds is 2. The van der Waals surface area contributed by atoms with Gasteiger partial charge in [-0.15, -0.1) is 0 Å². The minimum atomic E-state index is 0.0890. The van der Waals surface area contributed by atoms with Crippen LogP contribution in [0.25, 0.3) is 0 Å². The summed E-state index contributed by atoms with van der Waals surface area (Å²) in [5.41, 5.74) is 0. The van der Waals surface area contributed by atoms with Gasteiger partial charge in [-0.1, -0.05) is 0 Å². The lowest BCUT2D eigenvalue weighted by atomic mass is 10.4. The molecule has 0 spiro atoms. The maximum atomic E-state index is 10.8. The summed E-state index contributed by atoms with van der Waals surface area (Å²) >= 11 is 0. The molecule has 2 aliphatic heterocycles. The fraction of sp³-hybridized carbons (Fsp3) is 0.800. The average molecular weight is 214 g/mol. The molecule has 2 aliphatic rings. The van der Waals surface area contributed by atoms with Gasteiger partial charge in [0.15, 0.2) is 0 Å². The Morgan fingerprint density at radius 1 is 1.27 bits per heavy atom. The van der Waals surface area contributed by atoms with Crippen LogP contribution in [0.1, 0.15) is 25.7 Å². The Hall–Kier alpha value is -1.10. The molecule has 2 rings (SSSR count). The van der Waals surface area contributed by atoms with Crippen LogP contribution in [-0.4, -0.2) is 48.1 Å². The fourth-order valence-corrected chi connectivity index (χ4v) is 1.63. The van der Waals surface area contributed by atoms with E-state index in [1.165, 1.54) is 0 Å². The molecular formula is C10H18N2O3. The van der Waals surface area contributed by atoms with E-state index >= 15 is 0 Å². The minimum Gasteiger partial charge on any atom is -0.395 e. The van der Waals surface area contributed by atoms with E-state index in [0.717, 1.165) is 32.4 Å². The zero-order chi connectivity index (χ0) is 11.1. The van der Waals surface area contributed by atoms with Gasteiger partial charge in [0, 0.05) is 32.5 Å². The third kappa shape index (κ3) is 4.29. The van der Waals surface area contributed by atoms with Crippen LogP contribution in [0.5, 0.6) is 0 Å². The first-order valence-electron chi connectivity index (χ1n) is 5.39. The van der Waals surface area contributed by atoms with Crippen molar-refractivity contribution in [1.82, 2.24) is 10.2 Å². The molecule has 2 fully saturated rings. The zero-order valence-electron chi connectivity index (χ0n) is 8.87. The predicted molar refractivity (Wildman–Crippen MR) is 55.1 cm³/mol. The Labute approximate surface area is 89.4 Å².